The molecule has 1 N–H and O–H groups in total. The van der Waals surface area contributed by atoms with E-state index in [1.807, 2.05) is 13.8 Å². The van der Waals surface area contributed by atoms with Crippen molar-refractivity contribution in [2.45, 2.75) is 32.9 Å². The molecule has 1 aliphatic heterocycles. The zero-order chi connectivity index (χ0) is 10.0. The van der Waals surface area contributed by atoms with Gasteiger partial charge < -0.3 is 9.84 Å². The van der Waals surface area contributed by atoms with Crippen LogP contribution in [0.15, 0.2) is 0 Å². The Morgan fingerprint density at radius 1 is 1.62 bits per heavy atom. The Hall–Kier alpha value is -0.770. The van der Waals surface area contributed by atoms with E-state index in [0.29, 0.717) is 12.5 Å². The number of nitrogens with zero attached hydrogens (tertiary/aromatic N) is 1. The van der Waals surface area contributed by atoms with Crippen molar-refractivity contribution >= 4 is 6.09 Å². The topological polar surface area (TPSA) is 49.8 Å². The van der Waals surface area contributed by atoms with E-state index in [0.717, 1.165) is 0 Å². The lowest BCUT2D eigenvalue weighted by atomic mass is 10.1. The van der Waals surface area contributed by atoms with E-state index in [1.54, 1.807) is 11.8 Å². The van der Waals surface area contributed by atoms with Gasteiger partial charge >= 0.3 is 6.09 Å². The summed E-state index contributed by atoms with van der Waals surface area (Å²) < 4.78 is 5.01. The highest BCUT2D eigenvalue weighted by Crippen LogP contribution is 2.19. The highest BCUT2D eigenvalue weighted by Gasteiger charge is 2.38. The first kappa shape index (κ1) is 10.3. The number of amides is 1. The third-order valence-electron chi connectivity index (χ3n) is 2.21. The molecule has 0 aromatic carbocycles. The summed E-state index contributed by atoms with van der Waals surface area (Å²) in [4.78, 5) is 12.9. The molecule has 0 saturated carbocycles. The molecule has 4 nitrogen and oxygen atoms in total. The smallest absolute Gasteiger partial charge is 0.410 e. The Kier molecular flexibility index (Phi) is 3.14. The fourth-order valence-electron chi connectivity index (χ4n) is 1.54. The molecule has 0 radical (unpaired) electrons. The van der Waals surface area contributed by atoms with Crippen LogP contribution in [-0.4, -0.2) is 41.4 Å². The highest BCUT2D eigenvalue weighted by atomic mass is 16.6. The van der Waals surface area contributed by atoms with Gasteiger partial charge in [-0.1, -0.05) is 13.8 Å². The van der Waals surface area contributed by atoms with Gasteiger partial charge in [-0.15, -0.1) is 0 Å². The average molecular weight is 187 g/mol. The van der Waals surface area contributed by atoms with Crippen molar-refractivity contribution in [1.29, 1.82) is 0 Å². The van der Waals surface area contributed by atoms with E-state index in [9.17, 15) is 4.79 Å². The highest BCUT2D eigenvalue weighted by molar-refractivity contribution is 5.70. The third kappa shape index (κ3) is 2.12. The minimum atomic E-state index is -0.305. The standard InChI is InChI=1S/C9H17NO3/c1-6(2)4-10-8(5-11)7(3)13-9(10)12/h6-8,11H,4-5H2,1-3H3. The number of aliphatic hydroxyl groups is 1. The predicted octanol–water partition coefficient (Wildman–Crippen LogP) is 0.844. The van der Waals surface area contributed by atoms with Gasteiger partial charge in [0.15, 0.2) is 0 Å². The van der Waals surface area contributed by atoms with Gasteiger partial charge in [0.25, 0.3) is 0 Å². The number of ether oxygens (including phenoxy) is 1. The molecule has 0 spiro atoms. The molecule has 13 heavy (non-hydrogen) atoms. The van der Waals surface area contributed by atoms with Crippen molar-refractivity contribution in [3.63, 3.8) is 0 Å². The van der Waals surface area contributed by atoms with Crippen molar-refractivity contribution < 1.29 is 14.6 Å². The molecule has 1 rings (SSSR count). The van der Waals surface area contributed by atoms with Crippen molar-refractivity contribution in [2.75, 3.05) is 13.2 Å². The predicted molar refractivity (Wildman–Crippen MR) is 48.4 cm³/mol. The number of cyclic esters (lactones) is 1. The van der Waals surface area contributed by atoms with E-state index in [4.69, 9.17) is 9.84 Å². The van der Waals surface area contributed by atoms with E-state index >= 15 is 0 Å². The fourth-order valence-corrected chi connectivity index (χ4v) is 1.54. The fraction of sp³-hybridized carbons (Fsp3) is 0.889. The van der Waals surface area contributed by atoms with Crippen LogP contribution in [0.25, 0.3) is 0 Å². The van der Waals surface area contributed by atoms with Crippen LogP contribution in [-0.2, 0) is 4.74 Å². The molecule has 1 fully saturated rings. The summed E-state index contributed by atoms with van der Waals surface area (Å²) >= 11 is 0. The maximum absolute atomic E-state index is 11.3. The Labute approximate surface area is 78.5 Å². The molecule has 1 saturated heterocycles. The maximum Gasteiger partial charge on any atom is 0.410 e. The van der Waals surface area contributed by atoms with E-state index in [1.165, 1.54) is 0 Å². The lowest BCUT2D eigenvalue weighted by Gasteiger charge is -2.22. The first-order valence-electron chi connectivity index (χ1n) is 4.64. The van der Waals surface area contributed by atoms with E-state index in [-0.39, 0.29) is 24.8 Å². The van der Waals surface area contributed by atoms with E-state index < -0.39 is 0 Å². The van der Waals surface area contributed by atoms with Crippen LogP contribution in [0.5, 0.6) is 0 Å². The quantitative estimate of drug-likeness (QED) is 0.712. The number of rotatable bonds is 3. The van der Waals surface area contributed by atoms with Crippen LogP contribution < -0.4 is 0 Å². The minimum Gasteiger partial charge on any atom is -0.444 e. The van der Waals surface area contributed by atoms with Crippen LogP contribution in [0.2, 0.25) is 0 Å². The van der Waals surface area contributed by atoms with Crippen LogP contribution in [0, 0.1) is 5.92 Å². The molecule has 2 atom stereocenters. The van der Waals surface area contributed by atoms with Gasteiger partial charge in [0.1, 0.15) is 6.10 Å². The van der Waals surface area contributed by atoms with Crippen LogP contribution in [0.3, 0.4) is 0 Å². The zero-order valence-electron chi connectivity index (χ0n) is 8.36. The monoisotopic (exact) mass is 187 g/mol. The lowest BCUT2D eigenvalue weighted by molar-refractivity contribution is 0.129. The third-order valence-corrected chi connectivity index (χ3v) is 2.21. The molecule has 0 aliphatic carbocycles. The van der Waals surface area contributed by atoms with E-state index in [2.05, 4.69) is 0 Å². The molecule has 1 aliphatic rings. The average Bonchev–Trinajstić information content (AvgIpc) is 2.26. The molecule has 0 bridgehead atoms. The number of aliphatic hydroxyl groups excluding tert-OH is 1. The van der Waals surface area contributed by atoms with Gasteiger partial charge in [0.05, 0.1) is 12.6 Å². The van der Waals surface area contributed by atoms with Crippen molar-refractivity contribution in [3.05, 3.63) is 0 Å². The second kappa shape index (κ2) is 3.96. The maximum atomic E-state index is 11.3. The van der Waals surface area contributed by atoms with Crippen LogP contribution >= 0.6 is 0 Å². The van der Waals surface area contributed by atoms with Crippen molar-refractivity contribution in [3.8, 4) is 0 Å². The van der Waals surface area contributed by atoms with Gasteiger partial charge in [-0.3, -0.25) is 4.90 Å². The van der Waals surface area contributed by atoms with Gasteiger partial charge in [-0.2, -0.15) is 0 Å². The summed E-state index contributed by atoms with van der Waals surface area (Å²) in [5.41, 5.74) is 0. The Bertz CT molecular complexity index is 193. The van der Waals surface area contributed by atoms with Crippen molar-refractivity contribution in [1.82, 2.24) is 4.90 Å². The largest absolute Gasteiger partial charge is 0.444 e. The minimum absolute atomic E-state index is 0.0281. The zero-order valence-corrected chi connectivity index (χ0v) is 8.36. The molecule has 4 heteroatoms. The number of hydrogen-bond acceptors (Lipinski definition) is 3. The molecular weight excluding hydrogens is 170 g/mol. The molecule has 2 unspecified atom stereocenters. The molecule has 1 amide bonds. The SMILES string of the molecule is CC(C)CN1C(=O)OC(C)C1CO. The summed E-state index contributed by atoms with van der Waals surface area (Å²) in [7, 11) is 0. The summed E-state index contributed by atoms with van der Waals surface area (Å²) in [6.07, 6.45) is -0.503. The molecule has 0 aromatic rings. The number of carbonyl (C=O) groups is 1. The normalized spacial score (nSPS) is 28.4. The molecule has 0 aromatic heterocycles. The number of carbonyl (C=O) groups excluding carboxylic acids is 1. The number of hydrogen-bond donors (Lipinski definition) is 1. The second-order valence-electron chi connectivity index (χ2n) is 3.89. The van der Waals surface area contributed by atoms with Crippen LogP contribution in [0.4, 0.5) is 4.79 Å². The Balaban J connectivity index is 2.63. The molecular formula is C9H17NO3. The molecule has 1 heterocycles. The summed E-state index contributed by atoms with van der Waals surface area (Å²) in [6, 6.07) is -0.171. The first-order chi connectivity index (χ1) is 6.06. The Morgan fingerprint density at radius 2 is 2.23 bits per heavy atom. The molecule has 76 valence electrons. The second-order valence-corrected chi connectivity index (χ2v) is 3.89. The van der Waals surface area contributed by atoms with Crippen LogP contribution in [0.1, 0.15) is 20.8 Å². The summed E-state index contributed by atoms with van der Waals surface area (Å²) in [5.74, 6) is 0.395. The first-order valence-corrected chi connectivity index (χ1v) is 4.64. The van der Waals surface area contributed by atoms with Gasteiger partial charge in [-0.25, -0.2) is 4.79 Å². The van der Waals surface area contributed by atoms with Gasteiger partial charge in [0.2, 0.25) is 0 Å². The summed E-state index contributed by atoms with van der Waals surface area (Å²) in [6.45, 7) is 6.49. The van der Waals surface area contributed by atoms with Crippen molar-refractivity contribution in [2.24, 2.45) is 5.92 Å². The Morgan fingerprint density at radius 3 is 2.69 bits per heavy atom. The summed E-state index contributed by atoms with van der Waals surface area (Å²) in [5, 5.41) is 9.06. The van der Waals surface area contributed by atoms with Gasteiger partial charge in [0, 0.05) is 6.54 Å². The lowest BCUT2D eigenvalue weighted by Crippen LogP contribution is -2.40. The van der Waals surface area contributed by atoms with Gasteiger partial charge in [-0.05, 0) is 12.8 Å².